The molecule has 4 saturated carbocycles. The van der Waals surface area contributed by atoms with Gasteiger partial charge in [0.2, 0.25) is 0 Å². The quantitative estimate of drug-likeness (QED) is 0.114. The zero-order chi connectivity index (χ0) is 45.8. The normalized spacial score (nSPS) is 54.7. The van der Waals surface area contributed by atoms with Crippen LogP contribution in [0.15, 0.2) is 30.3 Å². The van der Waals surface area contributed by atoms with Gasteiger partial charge in [0.15, 0.2) is 18.4 Å². The molecule has 0 radical (unpaired) electrons. The highest BCUT2D eigenvalue weighted by molar-refractivity contribution is 5.89. The first-order chi connectivity index (χ1) is 30.3. The molecule has 0 aromatic heterocycles. The Kier molecular flexibility index (Phi) is 12.7. The lowest BCUT2D eigenvalue weighted by Gasteiger charge is -2.66. The van der Waals surface area contributed by atoms with Gasteiger partial charge in [0.1, 0.15) is 54.9 Å². The predicted octanol–water partition coefficient (Wildman–Crippen LogP) is -0.666. The molecule has 9 rings (SSSR count). The van der Waals surface area contributed by atoms with Crippen LogP contribution in [0.3, 0.4) is 0 Å². The summed E-state index contributed by atoms with van der Waals surface area (Å²) < 4.78 is 44.0. The SMILES string of the molecule is C[C@@H]1CO[C@]2(C[C@@H]1O[C@@H]1O[C@H](CO)[C@@H](O)[C@H](O)[C@H]1O)O[C@H]1C[C@H]3[C@@H]4C[C@@H](O)[C@@]5(O)C[C@@H](OC(=O)c6ccccc6)[C@H](O[C@@H]6O[C@H](CO)[C@@H](O)[C@H](O)[C@H]6O)C[C@]5(C)[C@H]4CC[C@]3(C)[C@H]1[C@@H]2C. The van der Waals surface area contributed by atoms with Crippen LogP contribution >= 0.6 is 0 Å². The lowest BCUT2D eigenvalue weighted by atomic mass is 9.42. The van der Waals surface area contributed by atoms with Crippen molar-refractivity contribution in [1.82, 2.24) is 0 Å². The fourth-order valence-electron chi connectivity index (χ4n) is 14.2. The third-order valence-corrected chi connectivity index (χ3v) is 17.8. The summed E-state index contributed by atoms with van der Waals surface area (Å²) in [6, 6.07) is 8.33. The minimum absolute atomic E-state index is 0.0535. The maximum Gasteiger partial charge on any atom is 0.338 e. The molecular formula is C46H68O18. The molecule has 8 fully saturated rings. The van der Waals surface area contributed by atoms with E-state index in [1.807, 2.05) is 13.8 Å². The number of carbonyl (C=O) groups excluding carboxylic acids is 1. The van der Waals surface area contributed by atoms with Crippen LogP contribution in [0.5, 0.6) is 0 Å². The molecule has 25 atom stereocenters. The molecule has 18 heteroatoms. The number of rotatable bonds is 8. The van der Waals surface area contributed by atoms with E-state index in [9.17, 15) is 55.9 Å². The van der Waals surface area contributed by atoms with Crippen LogP contribution in [0, 0.1) is 46.3 Å². The van der Waals surface area contributed by atoms with Gasteiger partial charge in [-0.25, -0.2) is 4.79 Å². The van der Waals surface area contributed by atoms with Crippen LogP contribution in [-0.4, -0.2) is 180 Å². The monoisotopic (exact) mass is 908 g/mol. The molecule has 4 aliphatic heterocycles. The maximum atomic E-state index is 13.6. The van der Waals surface area contributed by atoms with Crippen molar-refractivity contribution in [3.8, 4) is 0 Å². The van der Waals surface area contributed by atoms with Crippen molar-refractivity contribution in [2.24, 2.45) is 46.3 Å². The highest BCUT2D eigenvalue weighted by Gasteiger charge is 2.73. The molecular weight excluding hydrogens is 840 g/mol. The molecule has 4 aliphatic carbocycles. The van der Waals surface area contributed by atoms with Gasteiger partial charge in [-0.1, -0.05) is 45.9 Å². The number of aliphatic hydroxyl groups excluding tert-OH is 9. The summed E-state index contributed by atoms with van der Waals surface area (Å²) in [4.78, 5) is 13.6. The van der Waals surface area contributed by atoms with Crippen LogP contribution in [0.1, 0.15) is 83.0 Å². The molecule has 360 valence electrons. The Morgan fingerprint density at radius 2 is 1.36 bits per heavy atom. The van der Waals surface area contributed by atoms with Crippen LogP contribution in [-0.2, 0) is 33.2 Å². The number of carbonyl (C=O) groups is 1. The van der Waals surface area contributed by atoms with Gasteiger partial charge in [0.25, 0.3) is 0 Å². The molecule has 18 nitrogen and oxygen atoms in total. The largest absolute Gasteiger partial charge is 0.456 e. The van der Waals surface area contributed by atoms with Crippen LogP contribution in [0.4, 0.5) is 0 Å². The predicted molar refractivity (Wildman–Crippen MR) is 218 cm³/mol. The van der Waals surface area contributed by atoms with Gasteiger partial charge in [-0.15, -0.1) is 0 Å². The Morgan fingerprint density at radius 3 is 1.97 bits per heavy atom. The van der Waals surface area contributed by atoms with Crippen molar-refractivity contribution in [3.05, 3.63) is 35.9 Å². The minimum atomic E-state index is -1.72. The number of hydrogen-bond donors (Lipinski definition) is 10. The summed E-state index contributed by atoms with van der Waals surface area (Å²) in [6.07, 6.45) is -16.2. The Bertz CT molecular complexity index is 1820. The Hall–Kier alpha value is -1.95. The maximum absolute atomic E-state index is 13.6. The van der Waals surface area contributed by atoms with Crippen molar-refractivity contribution in [3.63, 3.8) is 0 Å². The van der Waals surface area contributed by atoms with Crippen LogP contribution < -0.4 is 0 Å². The molecule has 4 heterocycles. The standard InChI is InChI=1S/C46H68O18/c1-20-19-58-46(16-27(20)60-41-38(54)36(52)34(50)30(17-47)62-41)21(2)33-26(64-46)13-25-23-12-32(49)45(57)15-29(59-40(56)22-8-6-5-7-9-22)28(14-44(45,4)24(23)10-11-43(25,33)3)61-42-39(55)37(53)35(51)31(18-48)63-42/h5-9,20-21,23-39,41-42,47-55,57H,10-19H2,1-4H3/t20-,21+,23-,24+,25+,26+,27+,28-,29-,30-,31-,32-,33+,34-,35-,36+,37+,38-,39-,41-,42-,43+,44-,45+,46-/m1/s1. The Labute approximate surface area is 372 Å². The molecule has 10 N–H and O–H groups in total. The average Bonchev–Trinajstić information content (AvgIpc) is 3.72. The van der Waals surface area contributed by atoms with Crippen molar-refractivity contribution in [2.45, 2.75) is 176 Å². The highest BCUT2D eigenvalue weighted by Crippen LogP contribution is 2.72. The highest BCUT2D eigenvalue weighted by atomic mass is 16.7. The van der Waals surface area contributed by atoms with E-state index in [1.165, 1.54) is 0 Å². The van der Waals surface area contributed by atoms with Gasteiger partial charge >= 0.3 is 5.97 Å². The zero-order valence-electron chi connectivity index (χ0n) is 36.8. The molecule has 0 bridgehead atoms. The molecule has 0 unspecified atom stereocenters. The van der Waals surface area contributed by atoms with Gasteiger partial charge < -0.3 is 84.2 Å². The van der Waals surface area contributed by atoms with Crippen molar-refractivity contribution in [2.75, 3.05) is 19.8 Å². The van der Waals surface area contributed by atoms with Crippen LogP contribution in [0.25, 0.3) is 0 Å². The van der Waals surface area contributed by atoms with Crippen molar-refractivity contribution in [1.29, 1.82) is 0 Å². The first-order valence-electron chi connectivity index (χ1n) is 23.2. The summed E-state index contributed by atoms with van der Waals surface area (Å²) in [7, 11) is 0. The van der Waals surface area contributed by atoms with E-state index in [1.54, 1.807) is 30.3 Å². The van der Waals surface area contributed by atoms with E-state index >= 15 is 0 Å². The number of esters is 1. The van der Waals surface area contributed by atoms with E-state index in [4.69, 9.17) is 33.2 Å². The second-order valence-electron chi connectivity index (χ2n) is 21.0. The summed E-state index contributed by atoms with van der Waals surface area (Å²) in [6.45, 7) is 7.41. The number of fused-ring (bicyclic) bond motifs is 7. The lowest BCUT2D eigenvalue weighted by Crippen LogP contribution is -2.71. The smallest absolute Gasteiger partial charge is 0.338 e. The van der Waals surface area contributed by atoms with E-state index in [0.29, 0.717) is 32.3 Å². The van der Waals surface area contributed by atoms with Gasteiger partial charge in [-0.3, -0.25) is 0 Å². The fraction of sp³-hybridized carbons (Fsp3) is 0.848. The number of aliphatic hydroxyl groups is 10. The molecule has 1 spiro atoms. The summed E-state index contributed by atoms with van der Waals surface area (Å²) in [5, 5.41) is 108. The Morgan fingerprint density at radius 1 is 0.750 bits per heavy atom. The lowest BCUT2D eigenvalue weighted by molar-refractivity contribution is -0.345. The topological polar surface area (TPSA) is 284 Å². The molecule has 8 aliphatic rings. The minimum Gasteiger partial charge on any atom is -0.456 e. The summed E-state index contributed by atoms with van der Waals surface area (Å²) in [5.41, 5.74) is -2.72. The molecule has 64 heavy (non-hydrogen) atoms. The molecule has 4 saturated heterocycles. The second kappa shape index (κ2) is 17.2. The molecule has 1 aromatic rings. The average molecular weight is 909 g/mol. The van der Waals surface area contributed by atoms with Gasteiger partial charge in [-0.2, -0.15) is 0 Å². The van der Waals surface area contributed by atoms with E-state index in [2.05, 4.69) is 13.8 Å². The third-order valence-electron chi connectivity index (χ3n) is 17.8. The first kappa shape index (κ1) is 47.1. The number of ether oxygens (including phenoxy) is 7. The van der Waals surface area contributed by atoms with E-state index in [0.717, 1.165) is 6.42 Å². The van der Waals surface area contributed by atoms with Gasteiger partial charge in [0, 0.05) is 30.1 Å². The van der Waals surface area contributed by atoms with Crippen molar-refractivity contribution >= 4 is 5.97 Å². The Balaban J connectivity index is 0.954. The van der Waals surface area contributed by atoms with E-state index in [-0.39, 0.29) is 65.4 Å². The van der Waals surface area contributed by atoms with Crippen molar-refractivity contribution < 1.29 is 89.0 Å². The third kappa shape index (κ3) is 7.33. The second-order valence-corrected chi connectivity index (χ2v) is 21.0. The summed E-state index contributed by atoms with van der Waals surface area (Å²) >= 11 is 0. The van der Waals surface area contributed by atoms with Gasteiger partial charge in [0.05, 0.1) is 55.4 Å². The number of hydrogen-bond acceptors (Lipinski definition) is 18. The molecule has 0 amide bonds. The number of benzene rings is 1. The summed E-state index contributed by atoms with van der Waals surface area (Å²) in [5.74, 6) is -1.98. The van der Waals surface area contributed by atoms with E-state index < -0.39 is 122 Å². The zero-order valence-corrected chi connectivity index (χ0v) is 36.8. The molecule has 1 aromatic carbocycles. The first-order valence-corrected chi connectivity index (χ1v) is 23.2. The van der Waals surface area contributed by atoms with Crippen LogP contribution in [0.2, 0.25) is 0 Å². The fourth-order valence-corrected chi connectivity index (χ4v) is 14.2. The van der Waals surface area contributed by atoms with Gasteiger partial charge in [-0.05, 0) is 73.3 Å².